The van der Waals surface area contributed by atoms with Gasteiger partial charge in [-0.15, -0.1) is 0 Å². The van der Waals surface area contributed by atoms with Gasteiger partial charge in [0.2, 0.25) is 0 Å². The number of carbonyl (C=O) groups excluding carboxylic acids is 4. The van der Waals surface area contributed by atoms with E-state index >= 15 is 19.2 Å². The quantitative estimate of drug-likeness (QED) is 0.154. The number of fused-ring (bicyclic) bond motifs is 4. The molecule has 0 atom stereocenters. The Morgan fingerprint density at radius 1 is 0.276 bits per heavy atom. The lowest BCUT2D eigenvalue weighted by molar-refractivity contribution is 0.0873. The number of carbonyl (C=O) groups is 4. The van der Waals surface area contributed by atoms with E-state index in [0.29, 0.717) is 33.6 Å². The van der Waals surface area contributed by atoms with E-state index < -0.39 is 23.6 Å². The van der Waals surface area contributed by atoms with E-state index in [1.807, 2.05) is 60.7 Å². The number of hydrogen-bond donors (Lipinski definition) is 0. The first kappa shape index (κ1) is 45.0. The molecular formula is C68H48N4O4. The summed E-state index contributed by atoms with van der Waals surface area (Å²) in [6.45, 7) is 9.02. The van der Waals surface area contributed by atoms with E-state index in [0.717, 1.165) is 34.1 Å². The first-order chi connectivity index (χ1) is 36.9. The minimum Gasteiger partial charge on any atom is -0.310 e. The second-order valence-electron chi connectivity index (χ2n) is 21.1. The third-order valence-electron chi connectivity index (χ3n) is 16.3. The van der Waals surface area contributed by atoms with E-state index in [-0.39, 0.29) is 43.9 Å². The highest BCUT2D eigenvalue weighted by Crippen LogP contribution is 2.55. The summed E-state index contributed by atoms with van der Waals surface area (Å²) in [4.78, 5) is 68.7. The lowest BCUT2D eigenvalue weighted by atomic mass is 9.73. The molecule has 0 saturated heterocycles. The molecule has 4 aliphatic rings. The van der Waals surface area contributed by atoms with Crippen molar-refractivity contribution in [2.45, 2.75) is 38.5 Å². The van der Waals surface area contributed by atoms with Crippen LogP contribution in [0, 0.1) is 0 Å². The van der Waals surface area contributed by atoms with Gasteiger partial charge in [0.15, 0.2) is 0 Å². The van der Waals surface area contributed by atoms with Gasteiger partial charge in [-0.1, -0.05) is 161 Å². The van der Waals surface area contributed by atoms with Crippen LogP contribution in [0.5, 0.6) is 0 Å². The summed E-state index contributed by atoms with van der Waals surface area (Å²) in [6, 6.07) is 71.3. The highest BCUT2D eigenvalue weighted by Gasteiger charge is 2.45. The molecule has 10 aromatic carbocycles. The molecule has 4 amide bonds. The van der Waals surface area contributed by atoms with Crippen molar-refractivity contribution < 1.29 is 19.2 Å². The Morgan fingerprint density at radius 3 is 0.868 bits per heavy atom. The monoisotopic (exact) mass is 984 g/mol. The standard InChI is InChI=1S/C68H48N4O4/c1-67(2)51-23-11-15-27-55(51)69(56-28-16-12-24-52(56)67)45-35-31-41(32-36-45)47-39-49-60-59-50(64(74)71(65(75)61(47)59)43-19-7-5-8-20-43)40-48(62(60)66(76)72(63(49)73)44-21-9-6-10-22-44)42-33-37-46(38-34-42)70-57-29-17-13-25-53(57)68(3,4)54-26-14-18-30-58(54)70/h5-40H,1-4H3. The van der Waals surface area contributed by atoms with Crippen LogP contribution in [0.3, 0.4) is 0 Å². The molecule has 0 aliphatic carbocycles. The molecule has 4 aliphatic heterocycles. The number of rotatable bonds is 6. The van der Waals surface area contributed by atoms with Gasteiger partial charge in [-0.05, 0) is 129 Å². The highest BCUT2D eigenvalue weighted by atomic mass is 16.2. The van der Waals surface area contributed by atoms with E-state index in [4.69, 9.17) is 0 Å². The summed E-state index contributed by atoms with van der Waals surface area (Å²) in [7, 11) is 0. The Labute approximate surface area is 440 Å². The summed E-state index contributed by atoms with van der Waals surface area (Å²) in [5.74, 6) is -2.19. The number of nitrogens with zero attached hydrogens (tertiary/aromatic N) is 4. The molecule has 0 saturated carbocycles. The van der Waals surface area contributed by atoms with Crippen molar-refractivity contribution in [1.29, 1.82) is 0 Å². The maximum absolute atomic E-state index is 15.5. The Morgan fingerprint density at radius 2 is 0.553 bits per heavy atom. The Balaban J connectivity index is 0.988. The number of amides is 4. The average molecular weight is 985 g/mol. The molecule has 0 fully saturated rings. The van der Waals surface area contributed by atoms with Crippen LogP contribution in [-0.4, -0.2) is 23.6 Å². The number of para-hydroxylation sites is 6. The largest absolute Gasteiger partial charge is 0.310 e. The van der Waals surface area contributed by atoms with Gasteiger partial charge in [-0.2, -0.15) is 0 Å². The van der Waals surface area contributed by atoms with Crippen molar-refractivity contribution >= 4 is 79.9 Å². The van der Waals surface area contributed by atoms with Gasteiger partial charge in [-0.3, -0.25) is 19.2 Å². The number of hydrogen-bond acceptors (Lipinski definition) is 6. The summed E-state index contributed by atoms with van der Waals surface area (Å²) >= 11 is 0. The van der Waals surface area contributed by atoms with Crippen LogP contribution in [-0.2, 0) is 10.8 Å². The SMILES string of the molecule is CC1(C)c2ccccc2N(c2ccc(-c3cc4c5c(c(-c6ccc(N7c8ccccc8C(C)(C)c8ccccc87)cc6)cc6c5c3C(=O)N(c3ccccc3)C6=O)C(=O)N(c3ccccc3)C4=O)cc2)c2ccccc21. The highest BCUT2D eigenvalue weighted by molar-refractivity contribution is 6.44. The molecule has 0 unspecified atom stereocenters. The second kappa shape index (κ2) is 16.4. The molecule has 0 spiro atoms. The zero-order valence-electron chi connectivity index (χ0n) is 42.2. The van der Waals surface area contributed by atoms with Crippen LogP contribution in [0.4, 0.5) is 45.5 Å². The van der Waals surface area contributed by atoms with Gasteiger partial charge < -0.3 is 9.80 Å². The predicted molar refractivity (Wildman–Crippen MR) is 304 cm³/mol. The molecule has 8 heteroatoms. The smallest absolute Gasteiger partial charge is 0.266 e. The maximum Gasteiger partial charge on any atom is 0.266 e. The van der Waals surface area contributed by atoms with Crippen molar-refractivity contribution in [3.63, 3.8) is 0 Å². The van der Waals surface area contributed by atoms with E-state index in [1.54, 1.807) is 60.7 Å². The molecule has 0 aromatic heterocycles. The second-order valence-corrected chi connectivity index (χ2v) is 21.1. The fourth-order valence-electron chi connectivity index (χ4n) is 12.6. The van der Waals surface area contributed by atoms with Crippen molar-refractivity contribution in [3.8, 4) is 22.3 Å². The van der Waals surface area contributed by atoms with Crippen LogP contribution in [0.25, 0.3) is 33.0 Å². The van der Waals surface area contributed by atoms with Crippen LogP contribution in [0.2, 0.25) is 0 Å². The predicted octanol–water partition coefficient (Wildman–Crippen LogP) is 16.0. The molecule has 76 heavy (non-hydrogen) atoms. The van der Waals surface area contributed by atoms with Crippen LogP contribution in [0.1, 0.15) is 91.4 Å². The Hall–Kier alpha value is -9.66. The number of anilines is 8. The maximum atomic E-state index is 15.5. The van der Waals surface area contributed by atoms with Crippen molar-refractivity contribution in [1.82, 2.24) is 0 Å². The lowest BCUT2D eigenvalue weighted by Crippen LogP contribution is -2.44. The van der Waals surface area contributed by atoms with Gasteiger partial charge in [0.25, 0.3) is 23.6 Å². The summed E-state index contributed by atoms with van der Waals surface area (Å²) in [6.07, 6.45) is 0. The fraction of sp³-hybridized carbons (Fsp3) is 0.0882. The van der Waals surface area contributed by atoms with Gasteiger partial charge in [0, 0.05) is 44.1 Å². The van der Waals surface area contributed by atoms with Gasteiger partial charge in [0.1, 0.15) is 0 Å². The fourth-order valence-corrected chi connectivity index (χ4v) is 12.6. The zero-order valence-corrected chi connectivity index (χ0v) is 42.2. The molecule has 4 heterocycles. The number of imide groups is 2. The first-order valence-corrected chi connectivity index (χ1v) is 25.7. The topological polar surface area (TPSA) is 81.2 Å². The van der Waals surface area contributed by atoms with Crippen LogP contribution in [0.15, 0.2) is 218 Å². The van der Waals surface area contributed by atoms with E-state index in [2.05, 4.69) is 135 Å². The molecule has 364 valence electrons. The van der Waals surface area contributed by atoms with Crippen molar-refractivity contribution in [2.75, 3.05) is 19.6 Å². The van der Waals surface area contributed by atoms with Gasteiger partial charge >= 0.3 is 0 Å². The average Bonchev–Trinajstić information content (AvgIpc) is 3.52. The minimum absolute atomic E-state index is 0.218. The molecule has 10 aromatic rings. The van der Waals surface area contributed by atoms with Gasteiger partial charge in [0.05, 0.1) is 45.3 Å². The normalized spacial score (nSPS) is 15.6. The summed E-state index contributed by atoms with van der Waals surface area (Å²) < 4.78 is 0. The number of benzene rings is 10. The van der Waals surface area contributed by atoms with E-state index in [9.17, 15) is 0 Å². The van der Waals surface area contributed by atoms with Gasteiger partial charge in [-0.25, -0.2) is 9.80 Å². The summed E-state index contributed by atoms with van der Waals surface area (Å²) in [5.41, 5.74) is 14.4. The Bertz CT molecular complexity index is 3780. The lowest BCUT2D eigenvalue weighted by Gasteiger charge is -2.42. The first-order valence-electron chi connectivity index (χ1n) is 25.7. The minimum atomic E-state index is -0.550. The molecule has 0 N–H and O–H groups in total. The van der Waals surface area contributed by atoms with E-state index in [1.165, 1.54) is 32.1 Å². The molecule has 0 radical (unpaired) electrons. The van der Waals surface area contributed by atoms with Crippen LogP contribution < -0.4 is 19.6 Å². The van der Waals surface area contributed by atoms with Crippen LogP contribution >= 0.6 is 0 Å². The summed E-state index contributed by atoms with van der Waals surface area (Å²) in [5, 5.41) is 0.572. The van der Waals surface area contributed by atoms with Crippen molar-refractivity contribution in [3.05, 3.63) is 263 Å². The third kappa shape index (κ3) is 6.30. The molecular weight excluding hydrogens is 937 g/mol. The zero-order chi connectivity index (χ0) is 51.8. The molecule has 8 nitrogen and oxygen atoms in total. The Kier molecular flexibility index (Phi) is 9.72. The van der Waals surface area contributed by atoms with Crippen molar-refractivity contribution in [2.24, 2.45) is 0 Å². The molecule has 14 rings (SSSR count). The molecule has 0 bridgehead atoms. The third-order valence-corrected chi connectivity index (χ3v) is 16.3.